The Labute approximate surface area is 309 Å². The first-order valence-corrected chi connectivity index (χ1v) is 17.6. The average molecular weight is 722 g/mol. The number of hydrogen-bond acceptors (Lipinski definition) is 10. The molecule has 2 saturated heterocycles. The molecule has 3 aromatic carbocycles. The summed E-state index contributed by atoms with van der Waals surface area (Å²) in [5, 5.41) is 10.2. The highest BCUT2D eigenvalue weighted by atomic mass is 16.5. The van der Waals surface area contributed by atoms with Gasteiger partial charge in [-0.3, -0.25) is 34.2 Å². The number of carbonyl (C=O) groups excluding carboxylic acids is 3. The number of morpholine rings is 1. The molecule has 3 aromatic heterocycles. The second-order valence-electron chi connectivity index (χ2n) is 13.1. The first kappa shape index (κ1) is 34.3. The van der Waals surface area contributed by atoms with Crippen LogP contribution >= 0.6 is 0 Å². The number of oxazole rings is 1. The van der Waals surface area contributed by atoms with Crippen molar-refractivity contribution < 1.29 is 23.5 Å². The summed E-state index contributed by atoms with van der Waals surface area (Å²) in [5.41, 5.74) is 7.20. The zero-order chi connectivity index (χ0) is 37.2. The van der Waals surface area contributed by atoms with Crippen molar-refractivity contribution in [1.82, 2.24) is 25.2 Å². The minimum atomic E-state index is -0.488. The molecule has 2 fully saturated rings. The summed E-state index contributed by atoms with van der Waals surface area (Å²) in [6.07, 6.45) is 4.18. The Morgan fingerprint density at radius 1 is 0.963 bits per heavy atom. The van der Waals surface area contributed by atoms with E-state index in [0.29, 0.717) is 60.8 Å². The summed E-state index contributed by atoms with van der Waals surface area (Å²) >= 11 is 0. The van der Waals surface area contributed by atoms with E-state index in [4.69, 9.17) is 14.1 Å². The third kappa shape index (κ3) is 7.02. The van der Waals surface area contributed by atoms with Gasteiger partial charge in [0.1, 0.15) is 11.7 Å². The molecule has 0 aliphatic carbocycles. The maximum Gasteiger partial charge on any atom is 0.419 e. The normalized spacial score (nSPS) is 15.8. The SMILES string of the molecule is Cn1c(=O)oc2c(N3CCOCC3)cc(-c3cccc4cc(-c5ccc(C(=O)NCC#Cc6cccc(NC7CCC(=O)NC7=O)c6)nc5)ncc34)cc21. The molecular weight excluding hydrogens is 686 g/mol. The average Bonchev–Trinajstić information content (AvgIpc) is 3.49. The summed E-state index contributed by atoms with van der Waals surface area (Å²) in [7, 11) is 1.71. The summed E-state index contributed by atoms with van der Waals surface area (Å²) < 4.78 is 12.8. The number of nitrogens with one attached hydrogen (secondary N) is 3. The van der Waals surface area contributed by atoms with Crippen molar-refractivity contribution in [2.24, 2.45) is 7.05 Å². The molecule has 1 atom stereocenters. The smallest absolute Gasteiger partial charge is 0.405 e. The number of carbonyl (C=O) groups is 3. The third-order valence-corrected chi connectivity index (χ3v) is 9.61. The minimum absolute atomic E-state index is 0.111. The van der Waals surface area contributed by atoms with Gasteiger partial charge in [-0.05, 0) is 71.5 Å². The molecular formula is C41H35N7O6. The first-order chi connectivity index (χ1) is 26.3. The highest BCUT2D eigenvalue weighted by molar-refractivity contribution is 6.02. The fourth-order valence-corrected chi connectivity index (χ4v) is 6.74. The van der Waals surface area contributed by atoms with Crippen LogP contribution in [0.3, 0.4) is 0 Å². The Morgan fingerprint density at radius 3 is 2.63 bits per heavy atom. The number of hydrogen-bond donors (Lipinski definition) is 3. The van der Waals surface area contributed by atoms with Crippen LogP contribution in [0.1, 0.15) is 28.9 Å². The molecule has 2 aliphatic rings. The van der Waals surface area contributed by atoms with Gasteiger partial charge in [0.15, 0.2) is 5.58 Å². The van der Waals surface area contributed by atoms with E-state index >= 15 is 0 Å². The number of rotatable bonds is 7. The number of nitrogens with zero attached hydrogens (tertiary/aromatic N) is 4. The predicted molar refractivity (Wildman–Crippen MR) is 204 cm³/mol. The lowest BCUT2D eigenvalue weighted by Gasteiger charge is -2.29. The number of aromatic nitrogens is 3. The van der Waals surface area contributed by atoms with Crippen molar-refractivity contribution in [2.75, 3.05) is 43.1 Å². The molecule has 3 N–H and O–H groups in total. The number of amides is 3. The van der Waals surface area contributed by atoms with E-state index in [1.165, 1.54) is 4.57 Å². The van der Waals surface area contributed by atoms with Gasteiger partial charge < -0.3 is 24.7 Å². The summed E-state index contributed by atoms with van der Waals surface area (Å²) in [6, 6.07) is 22.4. The van der Waals surface area contributed by atoms with Crippen LogP contribution in [-0.2, 0) is 21.4 Å². The highest BCUT2D eigenvalue weighted by Crippen LogP contribution is 2.37. The van der Waals surface area contributed by atoms with E-state index in [1.54, 1.807) is 19.3 Å². The molecule has 5 heterocycles. The molecule has 0 bridgehead atoms. The van der Waals surface area contributed by atoms with Crippen LogP contribution < -0.4 is 26.6 Å². The van der Waals surface area contributed by atoms with E-state index in [2.05, 4.69) is 43.7 Å². The van der Waals surface area contributed by atoms with Crippen molar-refractivity contribution in [3.8, 4) is 34.2 Å². The third-order valence-electron chi connectivity index (χ3n) is 9.61. The zero-order valence-electron chi connectivity index (χ0n) is 29.3. The molecule has 2 aliphatic heterocycles. The van der Waals surface area contributed by atoms with E-state index < -0.39 is 11.8 Å². The summed E-state index contributed by atoms with van der Waals surface area (Å²) in [5.74, 6) is 4.60. The van der Waals surface area contributed by atoms with Crippen molar-refractivity contribution in [3.05, 3.63) is 107 Å². The van der Waals surface area contributed by atoms with Gasteiger partial charge in [-0.2, -0.15) is 0 Å². The monoisotopic (exact) mass is 721 g/mol. The lowest BCUT2D eigenvalue weighted by molar-refractivity contribution is -0.133. The van der Waals surface area contributed by atoms with E-state index in [9.17, 15) is 19.2 Å². The van der Waals surface area contributed by atoms with Gasteiger partial charge in [0, 0.05) is 61.2 Å². The number of imide groups is 1. The second kappa shape index (κ2) is 14.7. The van der Waals surface area contributed by atoms with Gasteiger partial charge in [0.2, 0.25) is 11.8 Å². The van der Waals surface area contributed by atoms with Gasteiger partial charge in [0.25, 0.3) is 5.91 Å². The number of aryl methyl sites for hydroxylation is 1. The fourth-order valence-electron chi connectivity index (χ4n) is 6.74. The van der Waals surface area contributed by atoms with Gasteiger partial charge in [-0.25, -0.2) is 4.79 Å². The number of benzene rings is 3. The Bertz CT molecular complexity index is 2560. The molecule has 0 radical (unpaired) electrons. The zero-order valence-corrected chi connectivity index (χ0v) is 29.3. The van der Waals surface area contributed by atoms with Crippen LogP contribution in [-0.4, -0.2) is 71.1 Å². The molecule has 8 rings (SSSR count). The second-order valence-corrected chi connectivity index (χ2v) is 13.1. The molecule has 13 nitrogen and oxygen atoms in total. The van der Waals surface area contributed by atoms with E-state index in [1.807, 2.05) is 66.9 Å². The van der Waals surface area contributed by atoms with Gasteiger partial charge in [0.05, 0.1) is 36.7 Å². The number of anilines is 2. The molecule has 54 heavy (non-hydrogen) atoms. The van der Waals surface area contributed by atoms with E-state index in [0.717, 1.165) is 33.2 Å². The Morgan fingerprint density at radius 2 is 1.81 bits per heavy atom. The van der Waals surface area contributed by atoms with Gasteiger partial charge >= 0.3 is 5.76 Å². The molecule has 13 heteroatoms. The largest absolute Gasteiger partial charge is 0.419 e. The molecule has 3 amide bonds. The van der Waals surface area contributed by atoms with E-state index in [-0.39, 0.29) is 36.4 Å². The van der Waals surface area contributed by atoms with Gasteiger partial charge in [-0.15, -0.1) is 0 Å². The number of piperidine rings is 1. The molecule has 6 aromatic rings. The van der Waals surface area contributed by atoms with Crippen molar-refractivity contribution in [3.63, 3.8) is 0 Å². The van der Waals surface area contributed by atoms with Crippen molar-refractivity contribution in [2.45, 2.75) is 18.9 Å². The molecule has 0 spiro atoms. The Hall–Kier alpha value is -6.78. The van der Waals surface area contributed by atoms with Crippen molar-refractivity contribution >= 4 is 51.0 Å². The maximum atomic E-state index is 12.8. The quantitative estimate of drug-likeness (QED) is 0.161. The van der Waals surface area contributed by atoms with Crippen LogP contribution in [0.4, 0.5) is 11.4 Å². The topological polar surface area (TPSA) is 161 Å². The van der Waals surface area contributed by atoms with Crippen LogP contribution in [0, 0.1) is 11.8 Å². The molecule has 0 saturated carbocycles. The molecule has 270 valence electrons. The summed E-state index contributed by atoms with van der Waals surface area (Å²) in [6.45, 7) is 2.71. The van der Waals surface area contributed by atoms with Crippen LogP contribution in [0.25, 0.3) is 44.3 Å². The van der Waals surface area contributed by atoms with Crippen LogP contribution in [0.15, 0.2) is 94.4 Å². The lowest BCUT2D eigenvalue weighted by atomic mass is 9.97. The van der Waals surface area contributed by atoms with Crippen LogP contribution in [0.2, 0.25) is 0 Å². The number of fused-ring (bicyclic) bond motifs is 2. The summed E-state index contributed by atoms with van der Waals surface area (Å²) in [4.78, 5) is 60.2. The fraction of sp³-hybridized carbons (Fsp3) is 0.220. The minimum Gasteiger partial charge on any atom is -0.405 e. The highest BCUT2D eigenvalue weighted by Gasteiger charge is 2.26. The Kier molecular flexibility index (Phi) is 9.33. The van der Waals surface area contributed by atoms with Crippen molar-refractivity contribution in [1.29, 1.82) is 0 Å². The maximum absolute atomic E-state index is 12.8. The van der Waals surface area contributed by atoms with Crippen LogP contribution in [0.5, 0.6) is 0 Å². The Balaban J connectivity index is 0.951. The first-order valence-electron chi connectivity index (χ1n) is 17.6. The standard InChI is InChI=1S/C41H35N7O6/c1-47-35-21-28(22-36(38(35)54-41(47)52)48-15-17-53-18-16-48)30-9-3-7-26-20-34(44-24-31(26)30)27-10-11-32(43-23-27)39(50)42-14-4-6-25-5-2-8-29(19-25)45-33-12-13-37(49)46-40(33)51/h2-3,5,7-11,19-24,33,45H,12-18H2,1H3,(H,42,50)(H,46,49,51). The van der Waals surface area contributed by atoms with Gasteiger partial charge in [-0.1, -0.05) is 36.1 Å². The number of ether oxygens (including phenoxy) is 1. The molecule has 1 unspecified atom stereocenters. The lowest BCUT2D eigenvalue weighted by Crippen LogP contribution is -2.47. The predicted octanol–water partition coefficient (Wildman–Crippen LogP) is 4.24. The number of pyridine rings is 2.